The van der Waals surface area contributed by atoms with Crippen molar-refractivity contribution < 1.29 is 17.9 Å². The molecule has 2 heterocycles. The molecule has 2 fully saturated rings. The molecule has 0 aromatic heterocycles. The van der Waals surface area contributed by atoms with Gasteiger partial charge in [-0.3, -0.25) is 4.90 Å². The Morgan fingerprint density at radius 3 is 2.48 bits per heavy atom. The van der Waals surface area contributed by atoms with Crippen molar-refractivity contribution in [3.8, 4) is 6.07 Å². The van der Waals surface area contributed by atoms with Gasteiger partial charge in [-0.05, 0) is 30.2 Å². The molecule has 0 radical (unpaired) electrons. The van der Waals surface area contributed by atoms with Gasteiger partial charge in [-0.2, -0.15) is 9.57 Å². The molecule has 0 aliphatic carbocycles. The van der Waals surface area contributed by atoms with Crippen molar-refractivity contribution in [1.82, 2.24) is 19.4 Å². The van der Waals surface area contributed by atoms with E-state index in [0.29, 0.717) is 37.7 Å². The zero-order chi connectivity index (χ0) is 22.4. The summed E-state index contributed by atoms with van der Waals surface area (Å²) in [7, 11) is -3.64. The quantitative estimate of drug-likeness (QED) is 0.693. The molecular formula is C21H31N5O4S. The first-order chi connectivity index (χ1) is 14.8. The standard InChI is InChI=1S/C21H31N5O4S/c1-17(2)15-24-11-12-30-19(16-24)14-23-21(27)25-7-9-26(10-8-25)31(28,29)20-5-3-18(13-22)4-6-20/h3-6,17,19H,7-12,14-16H2,1-2H3,(H,23,27)/t19-/m0/s1. The summed E-state index contributed by atoms with van der Waals surface area (Å²) in [6.07, 6.45) is -0.0329. The molecule has 1 atom stereocenters. The van der Waals surface area contributed by atoms with Crippen LogP contribution in [0.2, 0.25) is 0 Å². The topological polar surface area (TPSA) is 106 Å². The maximum absolute atomic E-state index is 12.8. The smallest absolute Gasteiger partial charge is 0.317 e. The van der Waals surface area contributed by atoms with Gasteiger partial charge < -0.3 is 15.0 Å². The third-order valence-electron chi connectivity index (χ3n) is 5.47. The van der Waals surface area contributed by atoms with Gasteiger partial charge in [-0.25, -0.2) is 13.2 Å². The molecule has 170 valence electrons. The molecule has 3 rings (SSSR count). The van der Waals surface area contributed by atoms with Gasteiger partial charge in [0.2, 0.25) is 10.0 Å². The van der Waals surface area contributed by atoms with Crippen molar-refractivity contribution in [3.63, 3.8) is 0 Å². The number of carbonyl (C=O) groups is 1. The number of morpholine rings is 1. The molecule has 31 heavy (non-hydrogen) atoms. The third-order valence-corrected chi connectivity index (χ3v) is 7.39. The van der Waals surface area contributed by atoms with E-state index in [1.165, 1.54) is 28.6 Å². The van der Waals surface area contributed by atoms with Crippen molar-refractivity contribution in [1.29, 1.82) is 5.26 Å². The SMILES string of the molecule is CC(C)CN1CCO[C@@H](CNC(=O)N2CCN(S(=O)(=O)c3ccc(C#N)cc3)CC2)C1. The maximum Gasteiger partial charge on any atom is 0.317 e. The Kier molecular flexibility index (Phi) is 7.89. The lowest BCUT2D eigenvalue weighted by Gasteiger charge is -2.36. The van der Waals surface area contributed by atoms with Crippen LogP contribution in [0.4, 0.5) is 4.79 Å². The Balaban J connectivity index is 1.46. The average molecular weight is 450 g/mol. The summed E-state index contributed by atoms with van der Waals surface area (Å²) < 4.78 is 32.8. The first kappa shape index (κ1) is 23.5. The number of urea groups is 1. The number of nitrogens with zero attached hydrogens (tertiary/aromatic N) is 4. The Morgan fingerprint density at radius 2 is 1.87 bits per heavy atom. The normalized spacial score (nSPS) is 21.1. The number of rotatable bonds is 6. The van der Waals surface area contributed by atoms with Gasteiger partial charge in [0, 0.05) is 52.4 Å². The number of amides is 2. The number of sulfonamides is 1. The van der Waals surface area contributed by atoms with Crippen LogP contribution in [0.1, 0.15) is 19.4 Å². The van der Waals surface area contributed by atoms with E-state index in [1.807, 2.05) is 6.07 Å². The largest absolute Gasteiger partial charge is 0.374 e. The van der Waals surface area contributed by atoms with Crippen LogP contribution in [0.5, 0.6) is 0 Å². The van der Waals surface area contributed by atoms with Gasteiger partial charge >= 0.3 is 6.03 Å². The lowest BCUT2D eigenvalue weighted by molar-refractivity contribution is -0.0294. The predicted molar refractivity (Wildman–Crippen MR) is 116 cm³/mol. The van der Waals surface area contributed by atoms with Crippen LogP contribution in [-0.4, -0.2) is 93.6 Å². The molecule has 2 saturated heterocycles. The molecular weight excluding hydrogens is 418 g/mol. The minimum Gasteiger partial charge on any atom is -0.374 e. The van der Waals surface area contributed by atoms with Gasteiger partial charge in [0.05, 0.1) is 29.2 Å². The molecule has 10 heteroatoms. The van der Waals surface area contributed by atoms with E-state index >= 15 is 0 Å². The van der Waals surface area contributed by atoms with Crippen LogP contribution >= 0.6 is 0 Å². The number of nitrogens with one attached hydrogen (secondary N) is 1. The van der Waals surface area contributed by atoms with Crippen molar-refractivity contribution in [2.24, 2.45) is 5.92 Å². The summed E-state index contributed by atoms with van der Waals surface area (Å²) in [6.45, 7) is 9.34. The van der Waals surface area contributed by atoms with E-state index in [0.717, 1.165) is 19.6 Å². The number of piperazine rings is 1. The molecule has 0 saturated carbocycles. The molecule has 1 N–H and O–H groups in total. The number of ether oxygens (including phenoxy) is 1. The van der Waals surface area contributed by atoms with E-state index < -0.39 is 10.0 Å². The van der Waals surface area contributed by atoms with Gasteiger partial charge in [0.1, 0.15) is 0 Å². The monoisotopic (exact) mass is 449 g/mol. The van der Waals surface area contributed by atoms with Crippen molar-refractivity contribution >= 4 is 16.1 Å². The molecule has 0 spiro atoms. The van der Waals surface area contributed by atoms with Gasteiger partial charge in [0.15, 0.2) is 0 Å². The molecule has 2 aliphatic heterocycles. The number of hydrogen-bond donors (Lipinski definition) is 1. The van der Waals surface area contributed by atoms with Crippen LogP contribution in [-0.2, 0) is 14.8 Å². The minimum absolute atomic E-state index is 0.0329. The summed E-state index contributed by atoms with van der Waals surface area (Å²) in [4.78, 5) is 16.7. The number of hydrogen-bond acceptors (Lipinski definition) is 6. The summed E-state index contributed by atoms with van der Waals surface area (Å²) in [6, 6.07) is 7.66. The molecule has 1 aromatic rings. The predicted octanol–water partition coefficient (Wildman–Crippen LogP) is 0.931. The third kappa shape index (κ3) is 6.17. The van der Waals surface area contributed by atoms with Crippen LogP contribution in [0.25, 0.3) is 0 Å². The Morgan fingerprint density at radius 1 is 1.19 bits per heavy atom. The highest BCUT2D eigenvalue weighted by molar-refractivity contribution is 7.89. The molecule has 1 aromatic carbocycles. The Labute approximate surface area is 184 Å². The fraction of sp³-hybridized carbons (Fsp3) is 0.619. The average Bonchev–Trinajstić information content (AvgIpc) is 2.77. The van der Waals surface area contributed by atoms with E-state index in [1.54, 1.807) is 4.90 Å². The number of carbonyl (C=O) groups excluding carboxylic acids is 1. The fourth-order valence-corrected chi connectivity index (χ4v) is 5.30. The van der Waals surface area contributed by atoms with Crippen LogP contribution in [0.3, 0.4) is 0 Å². The van der Waals surface area contributed by atoms with Gasteiger partial charge in [-0.1, -0.05) is 13.8 Å². The second-order valence-electron chi connectivity index (χ2n) is 8.36. The molecule has 2 amide bonds. The fourth-order valence-electron chi connectivity index (χ4n) is 3.88. The highest BCUT2D eigenvalue weighted by Crippen LogP contribution is 2.18. The van der Waals surface area contributed by atoms with Gasteiger partial charge in [0.25, 0.3) is 0 Å². The van der Waals surface area contributed by atoms with Crippen molar-refractivity contribution in [2.45, 2.75) is 24.8 Å². The summed E-state index contributed by atoms with van der Waals surface area (Å²) in [5.41, 5.74) is 0.412. The zero-order valence-corrected chi connectivity index (χ0v) is 19.0. The number of nitriles is 1. The lowest BCUT2D eigenvalue weighted by atomic mass is 10.2. The zero-order valence-electron chi connectivity index (χ0n) is 18.2. The van der Waals surface area contributed by atoms with Gasteiger partial charge in [-0.15, -0.1) is 0 Å². The summed E-state index contributed by atoms with van der Waals surface area (Å²) in [5.74, 6) is 0.588. The van der Waals surface area contributed by atoms with E-state index in [-0.39, 0.29) is 30.1 Å². The first-order valence-electron chi connectivity index (χ1n) is 10.7. The van der Waals surface area contributed by atoms with Crippen molar-refractivity contribution in [2.75, 3.05) is 59.0 Å². The van der Waals surface area contributed by atoms with Crippen molar-refractivity contribution in [3.05, 3.63) is 29.8 Å². The Bertz CT molecular complexity index is 889. The van der Waals surface area contributed by atoms with E-state index in [2.05, 4.69) is 24.1 Å². The van der Waals surface area contributed by atoms with E-state index in [9.17, 15) is 13.2 Å². The minimum atomic E-state index is -3.64. The second kappa shape index (κ2) is 10.4. The molecule has 9 nitrogen and oxygen atoms in total. The highest BCUT2D eigenvalue weighted by atomic mass is 32.2. The summed E-state index contributed by atoms with van der Waals surface area (Å²) in [5, 5.41) is 11.8. The Hall–Kier alpha value is -2.19. The first-order valence-corrected chi connectivity index (χ1v) is 12.1. The second-order valence-corrected chi connectivity index (χ2v) is 10.3. The molecule has 0 unspecified atom stereocenters. The maximum atomic E-state index is 12.8. The van der Waals surface area contributed by atoms with E-state index in [4.69, 9.17) is 10.00 Å². The molecule has 0 bridgehead atoms. The summed E-state index contributed by atoms with van der Waals surface area (Å²) >= 11 is 0. The lowest BCUT2D eigenvalue weighted by Crippen LogP contribution is -2.55. The van der Waals surface area contributed by atoms with Crippen LogP contribution in [0.15, 0.2) is 29.2 Å². The van der Waals surface area contributed by atoms with Crippen LogP contribution in [0, 0.1) is 17.2 Å². The van der Waals surface area contributed by atoms with Crippen LogP contribution < -0.4 is 5.32 Å². The number of benzene rings is 1. The molecule has 2 aliphatic rings. The highest BCUT2D eigenvalue weighted by Gasteiger charge is 2.30.